The first-order valence-electron chi connectivity index (χ1n) is 8.25. The summed E-state index contributed by atoms with van der Waals surface area (Å²) in [6.07, 6.45) is 2.36. The van der Waals surface area contributed by atoms with Gasteiger partial charge in [0.05, 0.1) is 23.8 Å². The molecular weight excluding hydrogens is 356 g/mol. The fraction of sp³-hybridized carbons (Fsp3) is 0.471. The molecular formula is C17H20N4O4S. The molecule has 0 bridgehead atoms. The van der Waals surface area contributed by atoms with Gasteiger partial charge in [0.15, 0.2) is 10.8 Å². The number of pyridine rings is 1. The first-order valence-corrected chi connectivity index (χ1v) is 9.24. The van der Waals surface area contributed by atoms with E-state index >= 15 is 0 Å². The van der Waals surface area contributed by atoms with Crippen LogP contribution >= 0.6 is 11.8 Å². The van der Waals surface area contributed by atoms with Gasteiger partial charge in [-0.1, -0.05) is 11.8 Å². The van der Waals surface area contributed by atoms with Crippen LogP contribution in [0.4, 0.5) is 0 Å². The average Bonchev–Trinajstić information content (AvgIpc) is 3.41. The van der Waals surface area contributed by atoms with E-state index in [0.29, 0.717) is 16.8 Å². The second-order valence-electron chi connectivity index (χ2n) is 6.38. The van der Waals surface area contributed by atoms with Crippen molar-refractivity contribution in [3.8, 4) is 0 Å². The Labute approximate surface area is 154 Å². The summed E-state index contributed by atoms with van der Waals surface area (Å²) in [4.78, 5) is 49.4. The van der Waals surface area contributed by atoms with Crippen LogP contribution < -0.4 is 5.56 Å². The van der Waals surface area contributed by atoms with E-state index in [1.54, 1.807) is 18.9 Å². The normalized spacial score (nSPS) is 13.7. The van der Waals surface area contributed by atoms with Gasteiger partial charge in [-0.2, -0.15) is 0 Å². The number of thioether (sulfide) groups is 1. The van der Waals surface area contributed by atoms with Crippen LogP contribution in [0.3, 0.4) is 0 Å². The van der Waals surface area contributed by atoms with E-state index in [1.807, 2.05) is 0 Å². The summed E-state index contributed by atoms with van der Waals surface area (Å²) < 4.78 is 4.72. The number of hydrogen-bond donors (Lipinski definition) is 1. The van der Waals surface area contributed by atoms with E-state index in [2.05, 4.69) is 15.0 Å². The fourth-order valence-corrected chi connectivity index (χ4v) is 3.41. The van der Waals surface area contributed by atoms with Crippen molar-refractivity contribution in [1.82, 2.24) is 19.9 Å². The van der Waals surface area contributed by atoms with Crippen molar-refractivity contribution in [3.05, 3.63) is 27.7 Å². The minimum atomic E-state index is -0.620. The highest BCUT2D eigenvalue weighted by Gasteiger charge is 2.25. The van der Waals surface area contributed by atoms with Crippen LogP contribution in [-0.2, 0) is 9.53 Å². The lowest BCUT2D eigenvalue weighted by Gasteiger charge is -2.16. The highest BCUT2D eigenvalue weighted by molar-refractivity contribution is 7.99. The lowest BCUT2D eigenvalue weighted by atomic mass is 10.1. The Morgan fingerprint density at radius 2 is 2.12 bits per heavy atom. The molecule has 1 saturated carbocycles. The minimum Gasteiger partial charge on any atom is -0.465 e. The second kappa shape index (κ2) is 7.45. The van der Waals surface area contributed by atoms with Gasteiger partial charge >= 0.3 is 5.97 Å². The third-order valence-corrected chi connectivity index (χ3v) is 5.03. The zero-order chi connectivity index (χ0) is 18.8. The molecule has 1 aliphatic rings. The summed E-state index contributed by atoms with van der Waals surface area (Å²) in [6.45, 7) is 2.47. The third-order valence-electron chi connectivity index (χ3n) is 4.18. The molecule has 1 aliphatic carbocycles. The van der Waals surface area contributed by atoms with Crippen molar-refractivity contribution in [1.29, 1.82) is 0 Å². The van der Waals surface area contributed by atoms with Crippen molar-refractivity contribution >= 4 is 34.7 Å². The summed E-state index contributed by atoms with van der Waals surface area (Å²) in [5.74, 6) is 0.159. The lowest BCUT2D eigenvalue weighted by molar-refractivity contribution is -0.127. The van der Waals surface area contributed by atoms with Crippen molar-refractivity contribution < 1.29 is 14.3 Å². The zero-order valence-electron chi connectivity index (χ0n) is 14.9. The molecule has 1 fully saturated rings. The topological polar surface area (TPSA) is 105 Å². The van der Waals surface area contributed by atoms with Crippen molar-refractivity contribution in [2.45, 2.75) is 24.9 Å². The molecule has 138 valence electrons. The van der Waals surface area contributed by atoms with Crippen LogP contribution in [0.15, 0.2) is 16.0 Å². The van der Waals surface area contributed by atoms with Crippen molar-refractivity contribution in [3.63, 3.8) is 0 Å². The quantitative estimate of drug-likeness (QED) is 0.461. The van der Waals surface area contributed by atoms with E-state index in [0.717, 1.165) is 18.3 Å². The number of esters is 1. The molecule has 2 aromatic rings. The first-order chi connectivity index (χ1) is 12.4. The number of rotatable bonds is 6. The predicted octanol–water partition coefficient (Wildman–Crippen LogP) is 1.37. The molecule has 0 radical (unpaired) electrons. The number of fused-ring (bicyclic) bond motifs is 1. The Morgan fingerprint density at radius 3 is 2.77 bits per heavy atom. The van der Waals surface area contributed by atoms with Crippen LogP contribution in [0, 0.1) is 12.8 Å². The van der Waals surface area contributed by atoms with E-state index < -0.39 is 11.5 Å². The number of carbonyl (C=O) groups excluding carboxylic acids is 2. The molecule has 2 aromatic heterocycles. The Bertz CT molecular complexity index is 923. The highest BCUT2D eigenvalue weighted by atomic mass is 32.2. The van der Waals surface area contributed by atoms with Crippen LogP contribution in [0.25, 0.3) is 11.0 Å². The van der Waals surface area contributed by atoms with Crippen LogP contribution in [0.5, 0.6) is 0 Å². The summed E-state index contributed by atoms with van der Waals surface area (Å²) in [6, 6.07) is 1.49. The fourth-order valence-electron chi connectivity index (χ4n) is 2.61. The van der Waals surface area contributed by atoms with Crippen LogP contribution in [0.2, 0.25) is 0 Å². The van der Waals surface area contributed by atoms with Gasteiger partial charge in [0.25, 0.3) is 5.56 Å². The summed E-state index contributed by atoms with van der Waals surface area (Å²) in [5, 5.41) is 0.383. The molecule has 0 unspecified atom stereocenters. The smallest absolute Gasteiger partial charge is 0.338 e. The molecule has 0 saturated heterocycles. The number of aryl methyl sites for hydroxylation is 1. The van der Waals surface area contributed by atoms with E-state index in [1.165, 1.54) is 26.0 Å². The standard InChI is InChI=1S/C17H20N4O4S/c1-9-6-11(16(24)25-3)13-14(18-9)19-17(20-15(13)23)26-8-12(22)21(2)7-10-4-5-10/h6,10H,4-5,7-8H2,1-3H3,(H,18,19,20,23). The third kappa shape index (κ3) is 4.04. The minimum absolute atomic E-state index is 0.0166. The molecule has 26 heavy (non-hydrogen) atoms. The Hall–Kier alpha value is -2.42. The number of carbonyl (C=O) groups is 2. The van der Waals surface area contributed by atoms with Gasteiger partial charge in [-0.25, -0.2) is 14.8 Å². The predicted molar refractivity (Wildman–Crippen MR) is 97.3 cm³/mol. The molecule has 0 spiro atoms. The van der Waals surface area contributed by atoms with E-state index in [4.69, 9.17) is 4.74 Å². The summed E-state index contributed by atoms with van der Waals surface area (Å²) in [5.41, 5.74) is 0.354. The van der Waals surface area contributed by atoms with Gasteiger partial charge in [0, 0.05) is 19.3 Å². The van der Waals surface area contributed by atoms with E-state index in [9.17, 15) is 14.4 Å². The highest BCUT2D eigenvalue weighted by Crippen LogP contribution is 2.29. The molecule has 3 rings (SSSR count). The second-order valence-corrected chi connectivity index (χ2v) is 7.34. The molecule has 1 N–H and O–H groups in total. The maximum Gasteiger partial charge on any atom is 0.338 e. The number of nitrogens with zero attached hydrogens (tertiary/aromatic N) is 3. The monoisotopic (exact) mass is 376 g/mol. The summed E-state index contributed by atoms with van der Waals surface area (Å²) >= 11 is 1.15. The number of hydrogen-bond acceptors (Lipinski definition) is 7. The molecule has 0 aromatic carbocycles. The molecule has 9 heteroatoms. The Morgan fingerprint density at radius 1 is 1.38 bits per heavy atom. The van der Waals surface area contributed by atoms with Gasteiger partial charge in [-0.3, -0.25) is 9.59 Å². The SMILES string of the molecule is COC(=O)c1cc(C)nc2nc(SCC(=O)N(C)CC3CC3)[nH]c(=O)c12. The van der Waals surface area contributed by atoms with Gasteiger partial charge in [0.2, 0.25) is 5.91 Å². The largest absolute Gasteiger partial charge is 0.465 e. The number of ether oxygens (including phenoxy) is 1. The van der Waals surface area contributed by atoms with Crippen LogP contribution in [-0.4, -0.2) is 58.2 Å². The summed E-state index contributed by atoms with van der Waals surface area (Å²) in [7, 11) is 3.03. The van der Waals surface area contributed by atoms with Crippen molar-refractivity contribution in [2.75, 3.05) is 26.5 Å². The molecule has 0 atom stereocenters. The maximum absolute atomic E-state index is 12.4. The average molecular weight is 376 g/mol. The number of H-pyrrole nitrogens is 1. The first kappa shape index (κ1) is 18.4. The Balaban J connectivity index is 1.83. The maximum atomic E-state index is 12.4. The molecule has 0 aliphatic heterocycles. The van der Waals surface area contributed by atoms with Gasteiger partial charge in [-0.05, 0) is 31.7 Å². The van der Waals surface area contributed by atoms with Gasteiger partial charge in [-0.15, -0.1) is 0 Å². The number of methoxy groups -OCH3 is 1. The number of nitrogens with one attached hydrogen (secondary N) is 1. The van der Waals surface area contributed by atoms with E-state index in [-0.39, 0.29) is 28.3 Å². The zero-order valence-corrected chi connectivity index (χ0v) is 15.7. The Kier molecular flexibility index (Phi) is 5.26. The molecule has 1 amide bonds. The number of aromatic amines is 1. The lowest BCUT2D eigenvalue weighted by Crippen LogP contribution is -2.30. The number of amides is 1. The van der Waals surface area contributed by atoms with Gasteiger partial charge in [0.1, 0.15) is 0 Å². The van der Waals surface area contributed by atoms with Gasteiger partial charge < -0.3 is 14.6 Å². The number of aromatic nitrogens is 3. The van der Waals surface area contributed by atoms with Crippen LogP contribution in [0.1, 0.15) is 28.9 Å². The molecule has 8 nitrogen and oxygen atoms in total. The van der Waals surface area contributed by atoms with Crippen molar-refractivity contribution in [2.24, 2.45) is 5.92 Å². The molecule has 2 heterocycles.